The molecule has 23 heavy (non-hydrogen) atoms. The van der Waals surface area contributed by atoms with Gasteiger partial charge in [-0.1, -0.05) is 29.8 Å². The maximum Gasteiger partial charge on any atom is 0.251 e. The molecular formula is C17H21BrN4O. The first-order chi connectivity index (χ1) is 11.0. The van der Waals surface area contributed by atoms with Crippen LogP contribution >= 0.6 is 15.9 Å². The van der Waals surface area contributed by atoms with Crippen LogP contribution in [-0.2, 0) is 0 Å². The fraction of sp³-hybridized carbons (Fsp3) is 0.353. The number of benzene rings is 1. The number of rotatable bonds is 6. The number of nitrogens with zero attached hydrogens (tertiary/aromatic N) is 2. The number of carbonyl (C=O) groups is 1. The lowest BCUT2D eigenvalue weighted by Gasteiger charge is -2.11. The predicted octanol–water partition coefficient (Wildman–Crippen LogP) is 3.51. The van der Waals surface area contributed by atoms with Gasteiger partial charge in [-0.25, -0.2) is 9.97 Å². The number of aryl methyl sites for hydroxylation is 1. The van der Waals surface area contributed by atoms with E-state index in [1.807, 2.05) is 25.1 Å². The van der Waals surface area contributed by atoms with Crippen LogP contribution in [0.3, 0.4) is 0 Å². The normalized spacial score (nSPS) is 10.7. The summed E-state index contributed by atoms with van der Waals surface area (Å²) >= 11 is 3.35. The van der Waals surface area contributed by atoms with Gasteiger partial charge in [0.25, 0.3) is 5.91 Å². The standard InChI is InChI=1S/C17H21BrN4O/c1-11(2)16-21-12(3)10-15(22-16)19-8-9-20-17(23)13-4-6-14(18)7-5-13/h4-7,10-11H,8-9H2,1-3H3,(H,20,23)(H,19,21,22). The molecule has 0 saturated heterocycles. The third kappa shape index (κ3) is 5.32. The first-order valence-corrected chi connectivity index (χ1v) is 8.38. The number of nitrogens with one attached hydrogen (secondary N) is 2. The molecule has 2 aromatic rings. The molecule has 0 atom stereocenters. The summed E-state index contributed by atoms with van der Waals surface area (Å²) in [5.74, 6) is 1.82. The monoisotopic (exact) mass is 376 g/mol. The van der Waals surface area contributed by atoms with Gasteiger partial charge in [-0.05, 0) is 31.2 Å². The van der Waals surface area contributed by atoms with Crippen LogP contribution in [-0.4, -0.2) is 29.0 Å². The zero-order chi connectivity index (χ0) is 16.8. The first kappa shape index (κ1) is 17.4. The molecule has 2 rings (SSSR count). The Morgan fingerprint density at radius 3 is 2.52 bits per heavy atom. The molecule has 1 aromatic heterocycles. The zero-order valence-electron chi connectivity index (χ0n) is 13.6. The van der Waals surface area contributed by atoms with E-state index in [1.165, 1.54) is 0 Å². The van der Waals surface area contributed by atoms with E-state index in [4.69, 9.17) is 0 Å². The number of halogens is 1. The average molecular weight is 377 g/mol. The van der Waals surface area contributed by atoms with E-state index in [-0.39, 0.29) is 11.8 Å². The number of hydrogen-bond donors (Lipinski definition) is 2. The van der Waals surface area contributed by atoms with Crippen molar-refractivity contribution in [3.63, 3.8) is 0 Å². The molecule has 2 N–H and O–H groups in total. The van der Waals surface area contributed by atoms with Crippen molar-refractivity contribution in [2.75, 3.05) is 18.4 Å². The maximum absolute atomic E-state index is 12.0. The SMILES string of the molecule is Cc1cc(NCCNC(=O)c2ccc(Br)cc2)nc(C(C)C)n1. The Kier molecular flexibility index (Phi) is 6.10. The fourth-order valence-electron chi connectivity index (χ4n) is 2.01. The second-order valence-electron chi connectivity index (χ2n) is 5.60. The molecule has 0 aliphatic heterocycles. The molecule has 1 amide bonds. The number of anilines is 1. The Hall–Kier alpha value is -1.95. The van der Waals surface area contributed by atoms with Gasteiger partial charge >= 0.3 is 0 Å². The van der Waals surface area contributed by atoms with Crippen molar-refractivity contribution in [2.45, 2.75) is 26.7 Å². The van der Waals surface area contributed by atoms with Gasteiger partial charge < -0.3 is 10.6 Å². The summed E-state index contributed by atoms with van der Waals surface area (Å²) in [6, 6.07) is 9.18. The quantitative estimate of drug-likeness (QED) is 0.756. The topological polar surface area (TPSA) is 66.9 Å². The Labute approximate surface area is 145 Å². The van der Waals surface area contributed by atoms with Crippen molar-refractivity contribution in [3.8, 4) is 0 Å². The lowest BCUT2D eigenvalue weighted by molar-refractivity contribution is 0.0955. The smallest absolute Gasteiger partial charge is 0.251 e. The zero-order valence-corrected chi connectivity index (χ0v) is 15.1. The fourth-order valence-corrected chi connectivity index (χ4v) is 2.27. The summed E-state index contributed by atoms with van der Waals surface area (Å²) in [7, 11) is 0. The summed E-state index contributed by atoms with van der Waals surface area (Å²) < 4.78 is 0.954. The van der Waals surface area contributed by atoms with Gasteiger partial charge in [0.1, 0.15) is 11.6 Å². The van der Waals surface area contributed by atoms with Gasteiger partial charge in [-0.3, -0.25) is 4.79 Å². The Morgan fingerprint density at radius 1 is 1.17 bits per heavy atom. The Balaban J connectivity index is 1.83. The van der Waals surface area contributed by atoms with Crippen LogP contribution in [0.25, 0.3) is 0 Å². The van der Waals surface area contributed by atoms with E-state index in [9.17, 15) is 4.79 Å². The molecule has 1 aromatic carbocycles. The molecular weight excluding hydrogens is 356 g/mol. The third-order valence-corrected chi connectivity index (χ3v) is 3.74. The van der Waals surface area contributed by atoms with Crippen LogP contribution in [0.2, 0.25) is 0 Å². The van der Waals surface area contributed by atoms with E-state index < -0.39 is 0 Å². The molecule has 0 saturated carbocycles. The molecule has 0 bridgehead atoms. The predicted molar refractivity (Wildman–Crippen MR) is 95.8 cm³/mol. The summed E-state index contributed by atoms with van der Waals surface area (Å²) in [6.45, 7) is 7.22. The summed E-state index contributed by atoms with van der Waals surface area (Å²) in [6.07, 6.45) is 0. The van der Waals surface area contributed by atoms with Gasteiger partial charge in [-0.15, -0.1) is 0 Å². The van der Waals surface area contributed by atoms with Crippen molar-refractivity contribution in [3.05, 3.63) is 51.9 Å². The highest BCUT2D eigenvalue weighted by Crippen LogP contribution is 2.13. The van der Waals surface area contributed by atoms with Gasteiger partial charge in [0.05, 0.1) is 0 Å². The molecule has 0 aliphatic rings. The largest absolute Gasteiger partial charge is 0.368 e. The van der Waals surface area contributed by atoms with E-state index in [0.29, 0.717) is 18.7 Å². The van der Waals surface area contributed by atoms with Crippen molar-refractivity contribution >= 4 is 27.7 Å². The second-order valence-corrected chi connectivity index (χ2v) is 6.51. The number of carbonyl (C=O) groups excluding carboxylic acids is 1. The van der Waals surface area contributed by atoms with Crippen LogP contribution in [0.4, 0.5) is 5.82 Å². The van der Waals surface area contributed by atoms with Crippen LogP contribution < -0.4 is 10.6 Å². The van der Waals surface area contributed by atoms with Crippen molar-refractivity contribution in [1.29, 1.82) is 0 Å². The molecule has 0 radical (unpaired) electrons. The summed E-state index contributed by atoms with van der Waals surface area (Å²) in [4.78, 5) is 20.9. The van der Waals surface area contributed by atoms with Crippen LogP contribution in [0.15, 0.2) is 34.8 Å². The van der Waals surface area contributed by atoms with Crippen LogP contribution in [0.1, 0.15) is 41.6 Å². The summed E-state index contributed by atoms with van der Waals surface area (Å²) in [5.41, 5.74) is 1.58. The molecule has 0 aliphatic carbocycles. The first-order valence-electron chi connectivity index (χ1n) is 7.59. The van der Waals surface area contributed by atoms with Crippen molar-refractivity contribution in [1.82, 2.24) is 15.3 Å². The minimum atomic E-state index is -0.0824. The highest BCUT2D eigenvalue weighted by atomic mass is 79.9. The molecule has 1 heterocycles. The van der Waals surface area contributed by atoms with Crippen LogP contribution in [0.5, 0.6) is 0 Å². The minimum absolute atomic E-state index is 0.0824. The average Bonchev–Trinajstić information content (AvgIpc) is 2.51. The molecule has 6 heteroatoms. The van der Waals surface area contributed by atoms with E-state index in [1.54, 1.807) is 12.1 Å². The number of hydrogen-bond acceptors (Lipinski definition) is 4. The lowest BCUT2D eigenvalue weighted by Crippen LogP contribution is -2.28. The Bertz CT molecular complexity index is 671. The number of amides is 1. The lowest BCUT2D eigenvalue weighted by atomic mass is 10.2. The maximum atomic E-state index is 12.0. The molecule has 0 unspecified atom stereocenters. The number of aromatic nitrogens is 2. The van der Waals surface area contributed by atoms with Crippen LogP contribution in [0, 0.1) is 6.92 Å². The van der Waals surface area contributed by atoms with E-state index in [2.05, 4.69) is 50.4 Å². The van der Waals surface area contributed by atoms with Gasteiger partial charge in [0.15, 0.2) is 0 Å². The third-order valence-electron chi connectivity index (χ3n) is 3.21. The molecule has 0 spiro atoms. The molecule has 5 nitrogen and oxygen atoms in total. The Morgan fingerprint density at radius 2 is 1.87 bits per heavy atom. The van der Waals surface area contributed by atoms with Gasteiger partial charge in [0, 0.05) is 40.8 Å². The second kappa shape index (κ2) is 8.06. The molecule has 0 fully saturated rings. The highest BCUT2D eigenvalue weighted by Gasteiger charge is 2.07. The highest BCUT2D eigenvalue weighted by molar-refractivity contribution is 9.10. The van der Waals surface area contributed by atoms with Gasteiger partial charge in [0.2, 0.25) is 0 Å². The van der Waals surface area contributed by atoms with Crippen molar-refractivity contribution in [2.24, 2.45) is 0 Å². The van der Waals surface area contributed by atoms with Gasteiger partial charge in [-0.2, -0.15) is 0 Å². The minimum Gasteiger partial charge on any atom is -0.368 e. The van der Waals surface area contributed by atoms with E-state index >= 15 is 0 Å². The van der Waals surface area contributed by atoms with Crippen molar-refractivity contribution < 1.29 is 4.79 Å². The summed E-state index contributed by atoms with van der Waals surface area (Å²) in [5, 5.41) is 6.10. The molecule has 122 valence electrons. The van der Waals surface area contributed by atoms with E-state index in [0.717, 1.165) is 21.8 Å².